The molecule has 1 N–H and O–H groups in total. The first kappa shape index (κ1) is 9.69. The van der Waals surface area contributed by atoms with Crippen molar-refractivity contribution in [2.45, 2.75) is 6.04 Å². The second-order valence-corrected chi connectivity index (χ2v) is 3.36. The molecule has 1 aromatic rings. The van der Waals surface area contributed by atoms with Crippen LogP contribution in [0.2, 0.25) is 0 Å². The third kappa shape index (κ3) is 1.37. The van der Waals surface area contributed by atoms with Gasteiger partial charge in [0.2, 0.25) is 5.91 Å². The van der Waals surface area contributed by atoms with E-state index in [1.54, 1.807) is 7.05 Å². The lowest BCUT2D eigenvalue weighted by Crippen LogP contribution is -2.33. The van der Waals surface area contributed by atoms with Crippen molar-refractivity contribution in [1.82, 2.24) is 5.32 Å². The van der Waals surface area contributed by atoms with Crippen LogP contribution < -0.4 is 10.2 Å². The minimum atomic E-state index is -0.311. The molecule has 1 aromatic carbocycles. The Balaban J connectivity index is 2.47. The summed E-state index contributed by atoms with van der Waals surface area (Å²) in [5, 5.41) is 11.6. The molecular weight excluding hydrogens is 190 g/mol. The van der Waals surface area contributed by atoms with E-state index in [0.29, 0.717) is 0 Å². The van der Waals surface area contributed by atoms with Crippen LogP contribution in [0.15, 0.2) is 24.3 Å². The van der Waals surface area contributed by atoms with E-state index in [1.807, 2.05) is 30.3 Å². The summed E-state index contributed by atoms with van der Waals surface area (Å²) >= 11 is 0. The molecule has 0 aromatic heterocycles. The zero-order chi connectivity index (χ0) is 10.8. The van der Waals surface area contributed by atoms with Gasteiger partial charge >= 0.3 is 0 Å². The zero-order valence-corrected chi connectivity index (χ0v) is 8.40. The van der Waals surface area contributed by atoms with Crippen LogP contribution in [0.5, 0.6) is 0 Å². The van der Waals surface area contributed by atoms with Crippen LogP contribution in [0.1, 0.15) is 11.6 Å². The second kappa shape index (κ2) is 3.71. The Morgan fingerprint density at radius 2 is 2.27 bits per heavy atom. The number of anilines is 1. The van der Waals surface area contributed by atoms with Gasteiger partial charge in [0.1, 0.15) is 12.6 Å². The molecule has 1 atom stereocenters. The highest BCUT2D eigenvalue weighted by Gasteiger charge is 2.35. The molecule has 0 aliphatic carbocycles. The van der Waals surface area contributed by atoms with E-state index in [0.717, 1.165) is 11.3 Å². The van der Waals surface area contributed by atoms with Gasteiger partial charge < -0.3 is 5.32 Å². The molecule has 1 heterocycles. The lowest BCUT2D eigenvalue weighted by Gasteiger charge is -2.12. The van der Waals surface area contributed by atoms with Gasteiger partial charge in [-0.3, -0.25) is 9.69 Å². The van der Waals surface area contributed by atoms with E-state index in [4.69, 9.17) is 5.26 Å². The Labute approximate surface area is 88.1 Å². The highest BCUT2D eigenvalue weighted by Crippen LogP contribution is 2.34. The molecule has 76 valence electrons. The largest absolute Gasteiger partial charge is 0.305 e. The van der Waals surface area contributed by atoms with Crippen LogP contribution in [0.4, 0.5) is 5.69 Å². The van der Waals surface area contributed by atoms with Crippen LogP contribution in [0.3, 0.4) is 0 Å². The molecule has 2 rings (SSSR count). The number of benzene rings is 1. The van der Waals surface area contributed by atoms with Gasteiger partial charge in [-0.15, -0.1) is 0 Å². The predicted molar refractivity (Wildman–Crippen MR) is 56.2 cm³/mol. The van der Waals surface area contributed by atoms with Gasteiger partial charge in [0.15, 0.2) is 0 Å². The first-order valence-electron chi connectivity index (χ1n) is 4.74. The molecule has 0 spiro atoms. The van der Waals surface area contributed by atoms with Crippen molar-refractivity contribution in [3.8, 4) is 6.07 Å². The minimum absolute atomic E-state index is 0.0553. The number of nitrogens with zero attached hydrogens (tertiary/aromatic N) is 2. The maximum absolute atomic E-state index is 11.9. The number of carbonyl (C=O) groups is 1. The summed E-state index contributed by atoms with van der Waals surface area (Å²) in [6, 6.07) is 9.23. The highest BCUT2D eigenvalue weighted by atomic mass is 16.2. The molecule has 0 fully saturated rings. The van der Waals surface area contributed by atoms with Gasteiger partial charge in [-0.05, 0) is 13.1 Å². The van der Waals surface area contributed by atoms with Crippen molar-refractivity contribution in [2.24, 2.45) is 0 Å². The fraction of sp³-hybridized carbons (Fsp3) is 0.273. The molecule has 1 unspecified atom stereocenters. The van der Waals surface area contributed by atoms with Gasteiger partial charge in [0.25, 0.3) is 0 Å². The van der Waals surface area contributed by atoms with E-state index < -0.39 is 0 Å². The quantitative estimate of drug-likeness (QED) is 0.720. The summed E-state index contributed by atoms with van der Waals surface area (Å²) in [4.78, 5) is 13.4. The minimum Gasteiger partial charge on any atom is -0.305 e. The van der Waals surface area contributed by atoms with Gasteiger partial charge in [-0.1, -0.05) is 18.2 Å². The summed E-state index contributed by atoms with van der Waals surface area (Å²) in [6.07, 6.45) is 0. The van der Waals surface area contributed by atoms with E-state index in [9.17, 15) is 4.79 Å². The molecule has 1 aliphatic heterocycles. The molecule has 0 saturated carbocycles. The number of nitrogens with one attached hydrogen (secondary N) is 1. The number of hydrogen-bond acceptors (Lipinski definition) is 3. The van der Waals surface area contributed by atoms with Crippen LogP contribution in [-0.2, 0) is 4.79 Å². The average Bonchev–Trinajstić information content (AvgIpc) is 2.53. The first-order chi connectivity index (χ1) is 7.29. The lowest BCUT2D eigenvalue weighted by molar-refractivity contribution is -0.119. The summed E-state index contributed by atoms with van der Waals surface area (Å²) in [6.45, 7) is 0.105. The van der Waals surface area contributed by atoms with Crippen molar-refractivity contribution in [3.63, 3.8) is 0 Å². The fourth-order valence-corrected chi connectivity index (χ4v) is 1.90. The van der Waals surface area contributed by atoms with Crippen LogP contribution in [0, 0.1) is 11.3 Å². The second-order valence-electron chi connectivity index (χ2n) is 3.36. The zero-order valence-electron chi connectivity index (χ0n) is 8.40. The Bertz CT molecular complexity index is 436. The van der Waals surface area contributed by atoms with Crippen molar-refractivity contribution >= 4 is 11.6 Å². The number of rotatable bonds is 2. The van der Waals surface area contributed by atoms with Crippen LogP contribution in [-0.4, -0.2) is 19.5 Å². The van der Waals surface area contributed by atoms with Crippen LogP contribution >= 0.6 is 0 Å². The summed E-state index contributed by atoms with van der Waals surface area (Å²) < 4.78 is 0. The molecule has 4 nitrogen and oxygen atoms in total. The molecule has 4 heteroatoms. The third-order valence-corrected chi connectivity index (χ3v) is 2.57. The SMILES string of the molecule is CNC1C(=O)N(CC#N)c2ccccc21. The third-order valence-electron chi connectivity index (χ3n) is 2.57. The molecule has 15 heavy (non-hydrogen) atoms. The summed E-state index contributed by atoms with van der Waals surface area (Å²) in [7, 11) is 1.75. The monoisotopic (exact) mass is 201 g/mol. The lowest BCUT2D eigenvalue weighted by atomic mass is 10.1. The number of carbonyl (C=O) groups excluding carboxylic acids is 1. The van der Waals surface area contributed by atoms with E-state index in [-0.39, 0.29) is 18.5 Å². The van der Waals surface area contributed by atoms with Gasteiger partial charge in [0, 0.05) is 5.56 Å². The van der Waals surface area contributed by atoms with Crippen molar-refractivity contribution in [2.75, 3.05) is 18.5 Å². The Morgan fingerprint density at radius 1 is 1.53 bits per heavy atom. The first-order valence-corrected chi connectivity index (χ1v) is 4.74. The molecule has 0 bridgehead atoms. The maximum atomic E-state index is 11.9. The summed E-state index contributed by atoms with van der Waals surface area (Å²) in [5.41, 5.74) is 1.78. The topological polar surface area (TPSA) is 56.1 Å². The molecule has 1 aliphatic rings. The molecular formula is C11H11N3O. The standard InChI is InChI=1S/C11H11N3O/c1-13-10-8-4-2-3-5-9(8)14(7-6-12)11(10)15/h2-5,10,13H,7H2,1H3. The number of likely N-dealkylation sites (N-methyl/N-ethyl adjacent to an activating group) is 1. The van der Waals surface area contributed by atoms with E-state index >= 15 is 0 Å². The Morgan fingerprint density at radius 3 is 2.93 bits per heavy atom. The molecule has 0 saturated heterocycles. The number of amides is 1. The number of nitriles is 1. The highest BCUT2D eigenvalue weighted by molar-refractivity contribution is 6.04. The van der Waals surface area contributed by atoms with Gasteiger partial charge in [-0.25, -0.2) is 0 Å². The van der Waals surface area contributed by atoms with Gasteiger partial charge in [0.05, 0.1) is 11.8 Å². The maximum Gasteiger partial charge on any atom is 0.249 e. The number of hydrogen-bond donors (Lipinski definition) is 1. The Kier molecular flexibility index (Phi) is 2.40. The van der Waals surface area contributed by atoms with Crippen molar-refractivity contribution < 1.29 is 4.79 Å². The molecule has 1 amide bonds. The van der Waals surface area contributed by atoms with E-state index in [1.165, 1.54) is 4.90 Å². The number of fused-ring (bicyclic) bond motifs is 1. The fourth-order valence-electron chi connectivity index (χ4n) is 1.90. The molecule has 0 radical (unpaired) electrons. The van der Waals surface area contributed by atoms with Crippen molar-refractivity contribution in [1.29, 1.82) is 5.26 Å². The van der Waals surface area contributed by atoms with Crippen molar-refractivity contribution in [3.05, 3.63) is 29.8 Å². The summed E-state index contributed by atoms with van der Waals surface area (Å²) in [5.74, 6) is -0.0553. The van der Waals surface area contributed by atoms with Crippen LogP contribution in [0.25, 0.3) is 0 Å². The van der Waals surface area contributed by atoms with Gasteiger partial charge in [-0.2, -0.15) is 5.26 Å². The Hall–Kier alpha value is -1.86. The van der Waals surface area contributed by atoms with E-state index in [2.05, 4.69) is 5.32 Å². The number of para-hydroxylation sites is 1. The average molecular weight is 201 g/mol. The normalized spacial score (nSPS) is 18.8. The predicted octanol–water partition coefficient (Wildman–Crippen LogP) is 0.817. The smallest absolute Gasteiger partial charge is 0.249 e.